The number of nitrogens with zero attached hydrogens (tertiary/aromatic N) is 1. The van der Waals surface area contributed by atoms with Crippen LogP contribution in [0, 0.1) is 0 Å². The summed E-state index contributed by atoms with van der Waals surface area (Å²) in [6.07, 6.45) is -3.15. The number of phenols is 1. The minimum Gasteiger partial charge on any atom is -0.508 e. The molecule has 2 aromatic carbocycles. The summed E-state index contributed by atoms with van der Waals surface area (Å²) in [7, 11) is 0.578. The van der Waals surface area contributed by atoms with Crippen LogP contribution in [0.3, 0.4) is 0 Å². The number of hydrogen-bond acceptors (Lipinski definition) is 2. The number of hydrogen-bond donors (Lipinski definition) is 1. The Kier molecular flexibility index (Phi) is 5.27. The molecule has 0 unspecified atom stereocenters. The molecule has 0 spiro atoms. The smallest absolute Gasteiger partial charge is 0.416 e. The van der Waals surface area contributed by atoms with Gasteiger partial charge >= 0.3 is 6.18 Å². The number of aliphatic imine (C=N–C) groups is 1. The van der Waals surface area contributed by atoms with Crippen molar-refractivity contribution >= 4 is 47.8 Å². The molecule has 8 heteroatoms. The maximum Gasteiger partial charge on any atom is 0.416 e. The molecule has 2 aromatic rings. The Morgan fingerprint density at radius 2 is 1.87 bits per heavy atom. The summed E-state index contributed by atoms with van der Waals surface area (Å²) in [4.78, 5) is 4.03. The van der Waals surface area contributed by atoms with E-state index in [1.54, 1.807) is 6.07 Å². The molecular formula is C15H11BCl2F3NO. The van der Waals surface area contributed by atoms with Crippen LogP contribution in [0.1, 0.15) is 11.1 Å². The second-order valence-electron chi connectivity index (χ2n) is 4.78. The van der Waals surface area contributed by atoms with E-state index in [0.717, 1.165) is 12.1 Å². The third-order valence-electron chi connectivity index (χ3n) is 3.18. The zero-order valence-corrected chi connectivity index (χ0v) is 13.5. The van der Waals surface area contributed by atoms with Gasteiger partial charge in [0, 0.05) is 16.8 Å². The van der Waals surface area contributed by atoms with Crippen LogP contribution >= 0.6 is 23.2 Å². The Morgan fingerprint density at radius 3 is 2.43 bits per heavy atom. The van der Waals surface area contributed by atoms with Gasteiger partial charge in [-0.3, -0.25) is 4.99 Å². The summed E-state index contributed by atoms with van der Waals surface area (Å²) in [5.41, 5.74) is 0.334. The van der Waals surface area contributed by atoms with Crippen LogP contribution in [-0.2, 0) is 6.18 Å². The molecule has 0 heterocycles. The highest BCUT2D eigenvalue weighted by molar-refractivity contribution is 6.54. The van der Waals surface area contributed by atoms with Crippen molar-refractivity contribution in [1.82, 2.24) is 0 Å². The van der Waals surface area contributed by atoms with Gasteiger partial charge in [-0.05, 0) is 35.8 Å². The highest BCUT2D eigenvalue weighted by Crippen LogP contribution is 2.34. The average molecular weight is 360 g/mol. The standard InChI is InChI=1S/C15H11BCl2F3NO/c1-16-11-6-10(17)4-8(14(11)23)7-22-13-3-2-9(5-12(13)18)15(19,20)21/h2-7,16,23H,1H3/b22-7+. The number of aromatic hydroxyl groups is 1. The predicted octanol–water partition coefficient (Wildman–Crippen LogP) is 4.58. The van der Waals surface area contributed by atoms with Gasteiger partial charge in [-0.2, -0.15) is 13.2 Å². The van der Waals surface area contributed by atoms with Crippen molar-refractivity contribution in [3.63, 3.8) is 0 Å². The molecule has 0 fully saturated rings. The zero-order valence-electron chi connectivity index (χ0n) is 12.0. The third kappa shape index (κ3) is 4.21. The molecule has 2 rings (SSSR count). The van der Waals surface area contributed by atoms with E-state index in [2.05, 4.69) is 4.99 Å². The number of halogens is 5. The van der Waals surface area contributed by atoms with Crippen LogP contribution in [0.15, 0.2) is 35.3 Å². The first-order valence-corrected chi connectivity index (χ1v) is 7.40. The Bertz CT molecular complexity index is 763. The van der Waals surface area contributed by atoms with Gasteiger partial charge in [-0.25, -0.2) is 0 Å². The zero-order chi connectivity index (χ0) is 17.2. The lowest BCUT2D eigenvalue weighted by Gasteiger charge is -2.08. The van der Waals surface area contributed by atoms with E-state index in [4.69, 9.17) is 23.2 Å². The van der Waals surface area contributed by atoms with E-state index in [1.165, 1.54) is 18.3 Å². The van der Waals surface area contributed by atoms with Gasteiger partial charge in [-0.15, -0.1) is 0 Å². The normalized spacial score (nSPS) is 11.9. The lowest BCUT2D eigenvalue weighted by molar-refractivity contribution is -0.137. The van der Waals surface area contributed by atoms with Crippen LogP contribution in [0.5, 0.6) is 5.75 Å². The topological polar surface area (TPSA) is 32.6 Å². The molecule has 0 aliphatic heterocycles. The highest BCUT2D eigenvalue weighted by atomic mass is 35.5. The Balaban J connectivity index is 2.36. The van der Waals surface area contributed by atoms with Gasteiger partial charge in [0.2, 0.25) is 0 Å². The van der Waals surface area contributed by atoms with Crippen LogP contribution in [0.2, 0.25) is 16.9 Å². The quantitative estimate of drug-likeness (QED) is 0.631. The molecule has 0 saturated carbocycles. The molecule has 0 radical (unpaired) electrons. The van der Waals surface area contributed by atoms with Crippen LogP contribution in [0.4, 0.5) is 18.9 Å². The predicted molar refractivity (Wildman–Crippen MR) is 89.5 cm³/mol. The van der Waals surface area contributed by atoms with Crippen molar-refractivity contribution in [2.45, 2.75) is 13.0 Å². The largest absolute Gasteiger partial charge is 0.508 e. The lowest BCUT2D eigenvalue weighted by Crippen LogP contribution is -2.12. The second-order valence-corrected chi connectivity index (χ2v) is 5.62. The van der Waals surface area contributed by atoms with Gasteiger partial charge in [0.25, 0.3) is 0 Å². The summed E-state index contributed by atoms with van der Waals surface area (Å²) in [5, 5.41) is 10.4. The van der Waals surface area contributed by atoms with Crippen LogP contribution in [0.25, 0.3) is 0 Å². The Morgan fingerprint density at radius 1 is 1.17 bits per heavy atom. The van der Waals surface area contributed by atoms with E-state index < -0.39 is 11.7 Å². The van der Waals surface area contributed by atoms with E-state index in [-0.39, 0.29) is 16.5 Å². The first-order chi connectivity index (χ1) is 10.7. The fourth-order valence-corrected chi connectivity index (χ4v) is 2.45. The summed E-state index contributed by atoms with van der Waals surface area (Å²) in [5.74, 6) is 0.0312. The number of rotatable bonds is 3. The van der Waals surface area contributed by atoms with Crippen molar-refractivity contribution < 1.29 is 18.3 Å². The molecule has 0 saturated heterocycles. The van der Waals surface area contributed by atoms with Gasteiger partial charge in [0.05, 0.1) is 16.3 Å². The van der Waals surface area contributed by atoms with E-state index in [1.807, 2.05) is 6.82 Å². The number of alkyl halides is 3. The Labute approximate surface area is 141 Å². The van der Waals surface area contributed by atoms with Crippen molar-refractivity contribution in [1.29, 1.82) is 0 Å². The molecule has 0 atom stereocenters. The molecule has 120 valence electrons. The van der Waals surface area contributed by atoms with Crippen molar-refractivity contribution in [2.24, 2.45) is 4.99 Å². The van der Waals surface area contributed by atoms with Crippen LogP contribution in [-0.4, -0.2) is 18.6 Å². The Hall–Kier alpha value is -1.66. The first-order valence-electron chi connectivity index (χ1n) is 6.64. The molecule has 23 heavy (non-hydrogen) atoms. The van der Waals surface area contributed by atoms with Gasteiger partial charge < -0.3 is 5.11 Å². The summed E-state index contributed by atoms with van der Waals surface area (Å²) in [6.45, 7) is 1.86. The van der Waals surface area contributed by atoms with Crippen molar-refractivity contribution in [2.75, 3.05) is 0 Å². The van der Waals surface area contributed by atoms with E-state index in [0.29, 0.717) is 23.3 Å². The molecular weight excluding hydrogens is 349 g/mol. The fraction of sp³-hybridized carbons (Fsp3) is 0.133. The maximum absolute atomic E-state index is 12.6. The maximum atomic E-state index is 12.6. The van der Waals surface area contributed by atoms with E-state index >= 15 is 0 Å². The molecule has 0 aliphatic rings. The summed E-state index contributed by atoms with van der Waals surface area (Å²) >= 11 is 11.8. The molecule has 0 aliphatic carbocycles. The van der Waals surface area contributed by atoms with Gasteiger partial charge in [-0.1, -0.05) is 30.0 Å². The number of benzene rings is 2. The van der Waals surface area contributed by atoms with Crippen LogP contribution < -0.4 is 5.46 Å². The molecule has 0 aromatic heterocycles. The summed E-state index contributed by atoms with van der Waals surface area (Å²) in [6, 6.07) is 6.03. The molecule has 0 bridgehead atoms. The number of phenolic OH excluding ortho intramolecular Hbond substituents is 1. The van der Waals surface area contributed by atoms with Gasteiger partial charge in [0.1, 0.15) is 5.75 Å². The summed E-state index contributed by atoms with van der Waals surface area (Å²) < 4.78 is 37.8. The molecule has 1 N–H and O–H groups in total. The SMILES string of the molecule is CBc1cc(Cl)cc(/C=N/c2ccc(C(F)(F)F)cc2Cl)c1O. The minimum absolute atomic E-state index is 0.0312. The molecule has 0 amide bonds. The molecule has 2 nitrogen and oxygen atoms in total. The third-order valence-corrected chi connectivity index (χ3v) is 3.70. The fourth-order valence-electron chi connectivity index (χ4n) is 1.97. The second kappa shape index (κ2) is 6.85. The van der Waals surface area contributed by atoms with Gasteiger partial charge in [0.15, 0.2) is 7.28 Å². The average Bonchev–Trinajstić information content (AvgIpc) is 2.47. The monoisotopic (exact) mass is 359 g/mol. The van der Waals surface area contributed by atoms with Crippen molar-refractivity contribution in [3.05, 3.63) is 51.5 Å². The minimum atomic E-state index is -4.47. The first kappa shape index (κ1) is 17.7. The van der Waals surface area contributed by atoms with E-state index in [9.17, 15) is 18.3 Å². The highest BCUT2D eigenvalue weighted by Gasteiger charge is 2.30. The lowest BCUT2D eigenvalue weighted by atomic mass is 9.72. The van der Waals surface area contributed by atoms with Crippen molar-refractivity contribution in [3.8, 4) is 5.75 Å².